The summed E-state index contributed by atoms with van der Waals surface area (Å²) >= 11 is 0. The normalized spacial score (nSPS) is 12.2. The van der Waals surface area contributed by atoms with Crippen molar-refractivity contribution >= 4 is 5.91 Å². The van der Waals surface area contributed by atoms with Crippen molar-refractivity contribution in [1.82, 2.24) is 10.2 Å². The van der Waals surface area contributed by atoms with Crippen LogP contribution in [0.3, 0.4) is 0 Å². The molecule has 0 aromatic heterocycles. The Kier molecular flexibility index (Phi) is 6.60. The van der Waals surface area contributed by atoms with Crippen LogP contribution >= 0.6 is 0 Å². The summed E-state index contributed by atoms with van der Waals surface area (Å²) < 4.78 is 0. The number of nitrogens with two attached hydrogens (primary N) is 1. The van der Waals surface area contributed by atoms with E-state index in [0.717, 1.165) is 12.8 Å². The van der Waals surface area contributed by atoms with Crippen LogP contribution < -0.4 is 11.1 Å². The molecule has 0 aliphatic rings. The standard InChI is InChI=1S/C12H27N3O/c1-6-10(7-2)14-11(16)8-15(5)12(3,4)9-13/h10H,6-9,13H2,1-5H3,(H,14,16). The van der Waals surface area contributed by atoms with Crippen molar-refractivity contribution < 1.29 is 4.79 Å². The minimum atomic E-state index is -0.134. The van der Waals surface area contributed by atoms with Crippen LogP contribution in [-0.2, 0) is 4.79 Å². The first kappa shape index (κ1) is 15.4. The maximum Gasteiger partial charge on any atom is 0.234 e. The SMILES string of the molecule is CCC(CC)NC(=O)CN(C)C(C)(C)CN. The minimum absolute atomic E-state index is 0.0812. The van der Waals surface area contributed by atoms with E-state index in [0.29, 0.717) is 19.1 Å². The fourth-order valence-corrected chi connectivity index (χ4v) is 1.35. The van der Waals surface area contributed by atoms with Crippen LogP contribution in [0.15, 0.2) is 0 Å². The number of hydrogen-bond acceptors (Lipinski definition) is 3. The second-order valence-corrected chi connectivity index (χ2v) is 4.95. The number of carbonyl (C=O) groups excluding carboxylic acids is 1. The lowest BCUT2D eigenvalue weighted by Crippen LogP contribution is -2.51. The van der Waals surface area contributed by atoms with Gasteiger partial charge in [-0.25, -0.2) is 0 Å². The summed E-state index contributed by atoms with van der Waals surface area (Å²) in [6.45, 7) is 9.20. The van der Waals surface area contributed by atoms with Crippen molar-refractivity contribution in [3.63, 3.8) is 0 Å². The molecule has 0 atom stereocenters. The number of nitrogens with one attached hydrogen (secondary N) is 1. The smallest absolute Gasteiger partial charge is 0.234 e. The number of likely N-dealkylation sites (N-methyl/N-ethyl adjacent to an activating group) is 1. The molecule has 0 aromatic rings. The quantitative estimate of drug-likeness (QED) is 0.683. The van der Waals surface area contributed by atoms with Crippen molar-refractivity contribution in [2.75, 3.05) is 20.1 Å². The van der Waals surface area contributed by atoms with E-state index in [1.807, 2.05) is 25.8 Å². The van der Waals surface area contributed by atoms with Gasteiger partial charge in [0.25, 0.3) is 0 Å². The third-order valence-electron chi connectivity index (χ3n) is 3.26. The molecule has 0 aromatic carbocycles. The minimum Gasteiger partial charge on any atom is -0.352 e. The maximum atomic E-state index is 11.8. The van der Waals surface area contributed by atoms with Gasteiger partial charge in [-0.05, 0) is 33.7 Å². The molecule has 0 aliphatic heterocycles. The number of hydrogen-bond donors (Lipinski definition) is 2. The van der Waals surface area contributed by atoms with Crippen molar-refractivity contribution in [2.24, 2.45) is 5.73 Å². The largest absolute Gasteiger partial charge is 0.352 e. The first-order valence-electron chi connectivity index (χ1n) is 6.08. The molecule has 0 spiro atoms. The lowest BCUT2D eigenvalue weighted by atomic mass is 10.0. The van der Waals surface area contributed by atoms with E-state index in [9.17, 15) is 4.79 Å². The second-order valence-electron chi connectivity index (χ2n) is 4.95. The molecule has 16 heavy (non-hydrogen) atoms. The van der Waals surface area contributed by atoms with E-state index < -0.39 is 0 Å². The van der Waals surface area contributed by atoms with Crippen LogP contribution in [0.5, 0.6) is 0 Å². The highest BCUT2D eigenvalue weighted by molar-refractivity contribution is 5.78. The molecule has 1 amide bonds. The molecule has 0 aliphatic carbocycles. The zero-order chi connectivity index (χ0) is 12.8. The highest BCUT2D eigenvalue weighted by Crippen LogP contribution is 2.09. The van der Waals surface area contributed by atoms with Gasteiger partial charge in [0, 0.05) is 18.1 Å². The van der Waals surface area contributed by atoms with Gasteiger partial charge in [0.05, 0.1) is 6.54 Å². The van der Waals surface area contributed by atoms with Crippen LogP contribution in [0.2, 0.25) is 0 Å². The number of nitrogens with zero attached hydrogens (tertiary/aromatic N) is 1. The molecule has 0 fully saturated rings. The van der Waals surface area contributed by atoms with E-state index >= 15 is 0 Å². The Hall–Kier alpha value is -0.610. The molecular formula is C12H27N3O. The molecule has 0 bridgehead atoms. The Labute approximate surface area is 99.6 Å². The van der Waals surface area contributed by atoms with Gasteiger partial charge in [0.2, 0.25) is 5.91 Å². The van der Waals surface area contributed by atoms with Gasteiger partial charge < -0.3 is 11.1 Å². The highest BCUT2D eigenvalue weighted by Gasteiger charge is 2.23. The fraction of sp³-hybridized carbons (Fsp3) is 0.917. The van der Waals surface area contributed by atoms with Crippen LogP contribution in [0, 0.1) is 0 Å². The second kappa shape index (κ2) is 6.86. The lowest BCUT2D eigenvalue weighted by Gasteiger charge is -2.34. The number of carbonyl (C=O) groups is 1. The zero-order valence-corrected chi connectivity index (χ0v) is 11.3. The van der Waals surface area contributed by atoms with Crippen LogP contribution in [0.25, 0.3) is 0 Å². The Bertz CT molecular complexity index is 212. The van der Waals surface area contributed by atoms with E-state index in [2.05, 4.69) is 19.2 Å². The Morgan fingerprint density at radius 2 is 1.88 bits per heavy atom. The predicted molar refractivity (Wildman–Crippen MR) is 68.3 cm³/mol. The summed E-state index contributed by atoms with van der Waals surface area (Å²) in [5, 5.41) is 3.02. The van der Waals surface area contributed by atoms with Crippen LogP contribution in [-0.4, -0.2) is 42.5 Å². The molecule has 0 unspecified atom stereocenters. The van der Waals surface area contributed by atoms with Crippen LogP contribution in [0.4, 0.5) is 0 Å². The fourth-order valence-electron chi connectivity index (χ4n) is 1.35. The van der Waals surface area contributed by atoms with Crippen molar-refractivity contribution in [1.29, 1.82) is 0 Å². The zero-order valence-electron chi connectivity index (χ0n) is 11.3. The summed E-state index contributed by atoms with van der Waals surface area (Å²) in [7, 11) is 1.93. The van der Waals surface area contributed by atoms with Gasteiger partial charge in [0.1, 0.15) is 0 Å². The van der Waals surface area contributed by atoms with Gasteiger partial charge in [-0.15, -0.1) is 0 Å². The van der Waals surface area contributed by atoms with E-state index in [4.69, 9.17) is 5.73 Å². The third kappa shape index (κ3) is 4.94. The predicted octanol–water partition coefficient (Wildman–Crippen LogP) is 0.960. The monoisotopic (exact) mass is 229 g/mol. The average molecular weight is 229 g/mol. The molecule has 0 heterocycles. The molecular weight excluding hydrogens is 202 g/mol. The van der Waals surface area contributed by atoms with Gasteiger partial charge in [-0.3, -0.25) is 9.69 Å². The van der Waals surface area contributed by atoms with E-state index in [-0.39, 0.29) is 11.4 Å². The number of amides is 1. The first-order valence-corrected chi connectivity index (χ1v) is 6.08. The van der Waals surface area contributed by atoms with Gasteiger partial charge in [0.15, 0.2) is 0 Å². The van der Waals surface area contributed by atoms with Gasteiger partial charge in [-0.1, -0.05) is 13.8 Å². The summed E-state index contributed by atoms with van der Waals surface area (Å²) in [6, 6.07) is 0.293. The average Bonchev–Trinajstić information content (AvgIpc) is 2.25. The number of rotatable bonds is 7. The first-order chi connectivity index (χ1) is 7.37. The molecule has 4 nitrogen and oxygen atoms in total. The summed E-state index contributed by atoms with van der Waals surface area (Å²) in [5.74, 6) is 0.0812. The van der Waals surface area contributed by atoms with E-state index in [1.165, 1.54) is 0 Å². The Morgan fingerprint density at radius 1 is 1.38 bits per heavy atom. The molecule has 3 N–H and O–H groups in total. The van der Waals surface area contributed by atoms with Crippen molar-refractivity contribution in [2.45, 2.75) is 52.1 Å². The molecule has 4 heteroatoms. The molecule has 0 radical (unpaired) electrons. The summed E-state index contributed by atoms with van der Waals surface area (Å²) in [5.41, 5.74) is 5.53. The Morgan fingerprint density at radius 3 is 2.25 bits per heavy atom. The Balaban J connectivity index is 4.14. The van der Waals surface area contributed by atoms with E-state index in [1.54, 1.807) is 0 Å². The molecule has 0 rings (SSSR count). The van der Waals surface area contributed by atoms with Gasteiger partial charge in [-0.2, -0.15) is 0 Å². The van der Waals surface area contributed by atoms with Crippen molar-refractivity contribution in [3.05, 3.63) is 0 Å². The summed E-state index contributed by atoms with van der Waals surface area (Å²) in [6.07, 6.45) is 1.96. The van der Waals surface area contributed by atoms with Crippen LogP contribution in [0.1, 0.15) is 40.5 Å². The van der Waals surface area contributed by atoms with Crippen molar-refractivity contribution in [3.8, 4) is 0 Å². The lowest BCUT2D eigenvalue weighted by molar-refractivity contribution is -0.123. The molecule has 96 valence electrons. The third-order valence-corrected chi connectivity index (χ3v) is 3.26. The topological polar surface area (TPSA) is 58.4 Å². The molecule has 0 saturated heterocycles. The van der Waals surface area contributed by atoms with Gasteiger partial charge >= 0.3 is 0 Å². The summed E-state index contributed by atoms with van der Waals surface area (Å²) in [4.78, 5) is 13.7. The molecule has 0 saturated carbocycles. The maximum absolute atomic E-state index is 11.8. The highest BCUT2D eigenvalue weighted by atomic mass is 16.2.